The van der Waals surface area contributed by atoms with Crippen LogP contribution in [0, 0.1) is 17.3 Å². The summed E-state index contributed by atoms with van der Waals surface area (Å²) in [5.74, 6) is 2.12. The molecule has 1 saturated heterocycles. The molecule has 4 rings (SSSR count). The molecule has 7 nitrogen and oxygen atoms in total. The zero-order valence-electron chi connectivity index (χ0n) is 23.1. The summed E-state index contributed by atoms with van der Waals surface area (Å²) in [7, 11) is 3.16. The Balaban J connectivity index is 1.61. The topological polar surface area (TPSA) is 81.1 Å². The molecule has 202 valence electrons. The van der Waals surface area contributed by atoms with Crippen LogP contribution >= 0.6 is 11.3 Å². The van der Waals surface area contributed by atoms with Gasteiger partial charge in [0.2, 0.25) is 0 Å². The number of quaternary nitrogens is 1. The number of carbonyl (C=O) groups excluding carboxylic acids is 2. The van der Waals surface area contributed by atoms with E-state index in [2.05, 4.69) is 38.3 Å². The molecule has 1 aromatic heterocycles. The summed E-state index contributed by atoms with van der Waals surface area (Å²) in [5, 5.41) is 6.85. The van der Waals surface area contributed by atoms with Gasteiger partial charge in [0.15, 0.2) is 6.54 Å². The molecule has 0 saturated carbocycles. The smallest absolute Gasteiger partial charge is 0.280 e. The molecule has 2 aliphatic rings. The Morgan fingerprint density at radius 3 is 2.59 bits per heavy atom. The number of piperidine rings is 1. The van der Waals surface area contributed by atoms with Crippen molar-refractivity contribution in [2.75, 3.05) is 44.5 Å². The average molecular weight is 529 g/mol. The molecule has 1 aromatic carbocycles. The molecule has 2 aromatic rings. The molecule has 0 bridgehead atoms. The second-order valence-corrected chi connectivity index (χ2v) is 12.8. The Bertz CT molecular complexity index is 1140. The van der Waals surface area contributed by atoms with Gasteiger partial charge in [0.25, 0.3) is 11.8 Å². The third-order valence-electron chi connectivity index (χ3n) is 7.90. The highest BCUT2D eigenvalue weighted by atomic mass is 32.1. The number of benzene rings is 1. The Morgan fingerprint density at radius 1 is 1.14 bits per heavy atom. The fourth-order valence-electron chi connectivity index (χ4n) is 5.70. The van der Waals surface area contributed by atoms with Crippen LogP contribution in [0.2, 0.25) is 0 Å². The summed E-state index contributed by atoms with van der Waals surface area (Å²) in [4.78, 5) is 29.4. The molecular formula is C29H42N3O4S+. The van der Waals surface area contributed by atoms with Crippen molar-refractivity contribution in [1.29, 1.82) is 0 Å². The molecule has 3 N–H and O–H groups in total. The lowest BCUT2D eigenvalue weighted by Crippen LogP contribution is -3.14. The van der Waals surface area contributed by atoms with Gasteiger partial charge in [-0.25, -0.2) is 0 Å². The first-order valence-corrected chi connectivity index (χ1v) is 14.2. The van der Waals surface area contributed by atoms with E-state index in [9.17, 15) is 9.59 Å². The van der Waals surface area contributed by atoms with Gasteiger partial charge in [-0.1, -0.05) is 27.7 Å². The van der Waals surface area contributed by atoms with Crippen molar-refractivity contribution in [3.63, 3.8) is 0 Å². The second kappa shape index (κ2) is 11.4. The Morgan fingerprint density at radius 2 is 1.92 bits per heavy atom. The fourth-order valence-corrected chi connectivity index (χ4v) is 7.04. The van der Waals surface area contributed by atoms with E-state index in [-0.39, 0.29) is 17.2 Å². The molecule has 0 spiro atoms. The van der Waals surface area contributed by atoms with Crippen LogP contribution in [0.4, 0.5) is 10.7 Å². The van der Waals surface area contributed by atoms with E-state index in [1.165, 1.54) is 16.2 Å². The number of rotatable bonds is 7. The maximum Gasteiger partial charge on any atom is 0.280 e. The molecule has 2 amide bonds. The number of ether oxygens (including phenoxy) is 2. The predicted octanol–water partition coefficient (Wildman–Crippen LogP) is 4.42. The first kappa shape index (κ1) is 27.5. The van der Waals surface area contributed by atoms with Gasteiger partial charge in [-0.2, -0.15) is 0 Å². The molecule has 3 unspecified atom stereocenters. The van der Waals surface area contributed by atoms with E-state index in [4.69, 9.17) is 9.47 Å². The molecule has 2 heterocycles. The number of thiophene rings is 1. The lowest BCUT2D eigenvalue weighted by atomic mass is 9.72. The van der Waals surface area contributed by atoms with Gasteiger partial charge in [0.1, 0.15) is 16.5 Å². The molecule has 1 aliphatic heterocycles. The van der Waals surface area contributed by atoms with E-state index in [0.717, 1.165) is 44.3 Å². The van der Waals surface area contributed by atoms with E-state index >= 15 is 0 Å². The van der Waals surface area contributed by atoms with E-state index in [1.807, 2.05) is 0 Å². The van der Waals surface area contributed by atoms with Crippen molar-refractivity contribution in [1.82, 2.24) is 0 Å². The Kier molecular flexibility index (Phi) is 8.49. The monoisotopic (exact) mass is 528 g/mol. The molecule has 1 aliphatic carbocycles. The van der Waals surface area contributed by atoms with Gasteiger partial charge < -0.3 is 25.0 Å². The van der Waals surface area contributed by atoms with Crippen LogP contribution in [0.25, 0.3) is 0 Å². The van der Waals surface area contributed by atoms with Gasteiger partial charge >= 0.3 is 0 Å². The van der Waals surface area contributed by atoms with Gasteiger partial charge in [0, 0.05) is 16.9 Å². The van der Waals surface area contributed by atoms with Crippen molar-refractivity contribution in [3.8, 4) is 11.5 Å². The lowest BCUT2D eigenvalue weighted by Gasteiger charge is -2.33. The van der Waals surface area contributed by atoms with Crippen LogP contribution < -0.4 is 25.0 Å². The van der Waals surface area contributed by atoms with Gasteiger partial charge in [-0.05, 0) is 61.1 Å². The molecule has 37 heavy (non-hydrogen) atoms. The van der Waals surface area contributed by atoms with Gasteiger partial charge in [0.05, 0.1) is 38.6 Å². The largest absolute Gasteiger partial charge is 0.497 e. The second-order valence-electron chi connectivity index (χ2n) is 11.7. The summed E-state index contributed by atoms with van der Waals surface area (Å²) in [5.41, 5.74) is 2.43. The third-order valence-corrected chi connectivity index (χ3v) is 9.07. The predicted molar refractivity (Wildman–Crippen MR) is 149 cm³/mol. The zero-order valence-corrected chi connectivity index (χ0v) is 23.9. The minimum absolute atomic E-state index is 0.0221. The van der Waals surface area contributed by atoms with Crippen LogP contribution in [0.3, 0.4) is 0 Å². The average Bonchev–Trinajstić information content (AvgIpc) is 3.20. The first-order chi connectivity index (χ1) is 17.6. The molecule has 3 atom stereocenters. The van der Waals surface area contributed by atoms with Crippen molar-refractivity contribution < 1.29 is 24.0 Å². The van der Waals surface area contributed by atoms with Gasteiger partial charge in [-0.15, -0.1) is 11.3 Å². The third kappa shape index (κ3) is 6.47. The number of likely N-dealkylation sites (tertiary alicyclic amines) is 1. The number of nitrogens with one attached hydrogen (secondary N) is 3. The lowest BCUT2D eigenvalue weighted by molar-refractivity contribution is -0.900. The van der Waals surface area contributed by atoms with Crippen LogP contribution in [0.5, 0.6) is 11.5 Å². The van der Waals surface area contributed by atoms with Crippen molar-refractivity contribution in [2.45, 2.75) is 59.8 Å². The van der Waals surface area contributed by atoms with Crippen LogP contribution in [-0.2, 0) is 17.6 Å². The highest BCUT2D eigenvalue weighted by Gasteiger charge is 2.34. The normalized spacial score (nSPS) is 21.6. The fraction of sp³-hybridized carbons (Fsp3) is 0.586. The van der Waals surface area contributed by atoms with E-state index in [0.29, 0.717) is 46.1 Å². The van der Waals surface area contributed by atoms with Gasteiger partial charge in [-0.3, -0.25) is 9.59 Å². The Hall–Kier alpha value is -2.58. The summed E-state index contributed by atoms with van der Waals surface area (Å²) >= 11 is 1.57. The Labute approximate surface area is 224 Å². The number of methoxy groups -OCH3 is 2. The summed E-state index contributed by atoms with van der Waals surface area (Å²) in [6.07, 6.45) is 5.18. The van der Waals surface area contributed by atoms with E-state index in [1.54, 1.807) is 43.8 Å². The van der Waals surface area contributed by atoms with Crippen molar-refractivity contribution in [2.24, 2.45) is 17.3 Å². The van der Waals surface area contributed by atoms with Crippen molar-refractivity contribution in [3.05, 3.63) is 34.2 Å². The molecule has 8 heteroatoms. The molecule has 0 radical (unpaired) electrons. The summed E-state index contributed by atoms with van der Waals surface area (Å²) < 4.78 is 10.8. The standard InChI is InChI=1S/C29H41N3O4S/c1-18-8-7-13-32(16-18)17-25(33)31-28-26(21-11-9-19(29(2,3)4)14-24(21)37-28)27(34)30-22-12-10-20(35-5)15-23(22)36-6/h10,12,15,18-19H,7-9,11,13-14,16-17H2,1-6H3,(H,30,34)(H,31,33)/p+1. The molecular weight excluding hydrogens is 486 g/mol. The molecule has 1 fully saturated rings. The highest BCUT2D eigenvalue weighted by Crippen LogP contribution is 2.44. The quantitative estimate of drug-likeness (QED) is 0.497. The number of fused-ring (bicyclic) bond motifs is 1. The van der Waals surface area contributed by atoms with Crippen LogP contribution in [0.1, 0.15) is 67.8 Å². The van der Waals surface area contributed by atoms with Crippen LogP contribution in [0.15, 0.2) is 18.2 Å². The number of amides is 2. The zero-order chi connectivity index (χ0) is 26.7. The maximum absolute atomic E-state index is 13.7. The summed E-state index contributed by atoms with van der Waals surface area (Å²) in [6, 6.07) is 5.32. The minimum atomic E-state index is -0.218. The SMILES string of the molecule is COc1ccc(NC(=O)c2c(NC(=O)C[NH+]3CCCC(C)C3)sc3c2CCC(C(C)(C)C)C3)c(OC)c1. The number of anilines is 2. The number of hydrogen-bond acceptors (Lipinski definition) is 5. The van der Waals surface area contributed by atoms with Crippen molar-refractivity contribution >= 4 is 33.8 Å². The number of hydrogen-bond donors (Lipinski definition) is 3. The van der Waals surface area contributed by atoms with E-state index < -0.39 is 0 Å². The first-order valence-electron chi connectivity index (χ1n) is 13.4. The summed E-state index contributed by atoms with van der Waals surface area (Å²) in [6.45, 7) is 11.6. The maximum atomic E-state index is 13.7. The number of carbonyl (C=O) groups is 2. The van der Waals surface area contributed by atoms with Crippen LogP contribution in [-0.4, -0.2) is 45.7 Å². The highest BCUT2D eigenvalue weighted by molar-refractivity contribution is 7.17. The minimum Gasteiger partial charge on any atom is -0.497 e.